The van der Waals surface area contributed by atoms with Gasteiger partial charge in [-0.2, -0.15) is 0 Å². The molecular formula is C16H22N4O2. The van der Waals surface area contributed by atoms with E-state index in [2.05, 4.69) is 9.88 Å². The molecule has 1 amide bonds. The third-order valence-electron chi connectivity index (χ3n) is 4.25. The molecule has 0 saturated carbocycles. The van der Waals surface area contributed by atoms with Gasteiger partial charge in [-0.05, 0) is 19.4 Å². The summed E-state index contributed by atoms with van der Waals surface area (Å²) in [6.07, 6.45) is 6.34. The molecule has 0 radical (unpaired) electrons. The molecule has 22 heavy (non-hydrogen) atoms. The third-order valence-corrected chi connectivity index (χ3v) is 4.25. The Balaban J connectivity index is 1.61. The van der Waals surface area contributed by atoms with Crippen molar-refractivity contribution in [1.82, 2.24) is 19.4 Å². The summed E-state index contributed by atoms with van der Waals surface area (Å²) in [5.41, 5.74) is 0.678. The van der Waals surface area contributed by atoms with Gasteiger partial charge in [-0.15, -0.1) is 0 Å². The van der Waals surface area contributed by atoms with Crippen molar-refractivity contribution in [2.45, 2.75) is 19.9 Å². The Labute approximate surface area is 130 Å². The second-order valence-electron chi connectivity index (χ2n) is 5.77. The van der Waals surface area contributed by atoms with Crippen LogP contribution in [-0.4, -0.2) is 51.4 Å². The number of carbonyl (C=O) groups excluding carboxylic acids is 1. The van der Waals surface area contributed by atoms with Gasteiger partial charge in [0, 0.05) is 45.6 Å². The molecule has 0 bridgehead atoms. The van der Waals surface area contributed by atoms with Gasteiger partial charge in [0.2, 0.25) is 0 Å². The lowest BCUT2D eigenvalue weighted by Crippen LogP contribution is -2.35. The molecule has 0 aliphatic carbocycles. The smallest absolute Gasteiger partial charge is 0.257 e. The monoisotopic (exact) mass is 302 g/mol. The van der Waals surface area contributed by atoms with E-state index < -0.39 is 0 Å². The number of nitrogens with zero attached hydrogens (tertiary/aromatic N) is 4. The molecule has 1 saturated heterocycles. The van der Waals surface area contributed by atoms with Crippen LogP contribution in [0.5, 0.6) is 0 Å². The Bertz CT molecular complexity index is 646. The van der Waals surface area contributed by atoms with Gasteiger partial charge in [0.25, 0.3) is 5.91 Å². The van der Waals surface area contributed by atoms with Crippen LogP contribution in [0.4, 0.5) is 0 Å². The fourth-order valence-electron chi connectivity index (χ4n) is 2.86. The molecule has 1 aliphatic heterocycles. The molecule has 1 aliphatic rings. The molecule has 1 fully saturated rings. The van der Waals surface area contributed by atoms with Crippen LogP contribution < -0.4 is 0 Å². The number of imidazole rings is 1. The van der Waals surface area contributed by atoms with Crippen molar-refractivity contribution in [1.29, 1.82) is 0 Å². The highest BCUT2D eigenvalue weighted by molar-refractivity contribution is 5.95. The molecule has 0 N–H and O–H groups in total. The number of amides is 1. The molecule has 0 aromatic carbocycles. The fraction of sp³-hybridized carbons (Fsp3) is 0.500. The molecular weight excluding hydrogens is 280 g/mol. The number of rotatable bonds is 3. The van der Waals surface area contributed by atoms with E-state index in [1.54, 1.807) is 12.3 Å². The molecule has 3 rings (SSSR count). The van der Waals surface area contributed by atoms with Crippen LogP contribution in [0.1, 0.15) is 28.4 Å². The maximum Gasteiger partial charge on any atom is 0.257 e. The maximum absolute atomic E-state index is 12.5. The largest absolute Gasteiger partial charge is 0.469 e. The minimum absolute atomic E-state index is 0.0742. The van der Waals surface area contributed by atoms with Crippen LogP contribution in [0.2, 0.25) is 0 Å². The molecule has 2 aromatic heterocycles. The summed E-state index contributed by atoms with van der Waals surface area (Å²) in [5.74, 6) is 1.83. The van der Waals surface area contributed by atoms with Gasteiger partial charge in [0.05, 0.1) is 18.4 Å². The van der Waals surface area contributed by atoms with Gasteiger partial charge < -0.3 is 13.9 Å². The second-order valence-corrected chi connectivity index (χ2v) is 5.77. The van der Waals surface area contributed by atoms with Crippen LogP contribution in [0.3, 0.4) is 0 Å². The van der Waals surface area contributed by atoms with Crippen molar-refractivity contribution in [3.05, 3.63) is 41.9 Å². The molecule has 6 nitrogen and oxygen atoms in total. The molecule has 0 atom stereocenters. The zero-order chi connectivity index (χ0) is 15.5. The van der Waals surface area contributed by atoms with E-state index in [1.165, 1.54) is 0 Å². The number of furan rings is 1. The summed E-state index contributed by atoms with van der Waals surface area (Å²) in [6, 6.07) is 1.76. The molecule has 2 aromatic rings. The van der Waals surface area contributed by atoms with Crippen molar-refractivity contribution in [2.75, 3.05) is 26.2 Å². The van der Waals surface area contributed by atoms with Crippen molar-refractivity contribution in [3.8, 4) is 0 Å². The van der Waals surface area contributed by atoms with E-state index in [4.69, 9.17) is 4.42 Å². The topological polar surface area (TPSA) is 54.5 Å². The fourth-order valence-corrected chi connectivity index (χ4v) is 2.86. The van der Waals surface area contributed by atoms with Crippen molar-refractivity contribution in [3.63, 3.8) is 0 Å². The SMILES string of the molecule is Cc1occc1C(=O)N1CCCN(Cc2nccn2C)CC1. The van der Waals surface area contributed by atoms with Gasteiger partial charge in [-0.1, -0.05) is 0 Å². The summed E-state index contributed by atoms with van der Waals surface area (Å²) < 4.78 is 7.29. The predicted molar refractivity (Wildman–Crippen MR) is 82.5 cm³/mol. The van der Waals surface area contributed by atoms with E-state index in [0.29, 0.717) is 11.3 Å². The van der Waals surface area contributed by atoms with Crippen LogP contribution in [0.15, 0.2) is 29.1 Å². The molecule has 0 spiro atoms. The van der Waals surface area contributed by atoms with E-state index in [0.717, 1.165) is 45.0 Å². The van der Waals surface area contributed by atoms with Crippen LogP contribution >= 0.6 is 0 Å². The lowest BCUT2D eigenvalue weighted by Gasteiger charge is -2.21. The minimum atomic E-state index is 0.0742. The maximum atomic E-state index is 12.5. The van der Waals surface area contributed by atoms with E-state index in [1.807, 2.05) is 35.8 Å². The Morgan fingerprint density at radius 3 is 2.86 bits per heavy atom. The highest BCUT2D eigenvalue weighted by Gasteiger charge is 2.22. The van der Waals surface area contributed by atoms with Gasteiger partial charge in [-0.25, -0.2) is 4.98 Å². The average Bonchev–Trinajstić information content (AvgIpc) is 3.02. The summed E-state index contributed by atoms with van der Waals surface area (Å²) >= 11 is 0. The van der Waals surface area contributed by atoms with E-state index in [9.17, 15) is 4.79 Å². The summed E-state index contributed by atoms with van der Waals surface area (Å²) in [4.78, 5) is 21.2. The van der Waals surface area contributed by atoms with Crippen LogP contribution in [-0.2, 0) is 13.6 Å². The van der Waals surface area contributed by atoms with Crippen molar-refractivity contribution >= 4 is 5.91 Å². The Morgan fingerprint density at radius 2 is 2.18 bits per heavy atom. The highest BCUT2D eigenvalue weighted by atomic mass is 16.3. The first kappa shape index (κ1) is 14.8. The first-order chi connectivity index (χ1) is 10.6. The predicted octanol–water partition coefficient (Wildman–Crippen LogP) is 1.67. The van der Waals surface area contributed by atoms with Gasteiger partial charge in [0.1, 0.15) is 11.6 Å². The first-order valence-corrected chi connectivity index (χ1v) is 7.67. The number of carbonyl (C=O) groups is 1. The number of hydrogen-bond donors (Lipinski definition) is 0. The minimum Gasteiger partial charge on any atom is -0.469 e. The Morgan fingerprint density at radius 1 is 1.32 bits per heavy atom. The zero-order valence-corrected chi connectivity index (χ0v) is 13.2. The number of hydrogen-bond acceptors (Lipinski definition) is 4. The first-order valence-electron chi connectivity index (χ1n) is 7.67. The zero-order valence-electron chi connectivity index (χ0n) is 13.2. The van der Waals surface area contributed by atoms with Gasteiger partial charge >= 0.3 is 0 Å². The van der Waals surface area contributed by atoms with Gasteiger partial charge in [0.15, 0.2) is 0 Å². The second kappa shape index (κ2) is 6.36. The Kier molecular flexibility index (Phi) is 4.29. The molecule has 118 valence electrons. The lowest BCUT2D eigenvalue weighted by atomic mass is 10.2. The Hall–Kier alpha value is -2.08. The van der Waals surface area contributed by atoms with E-state index in [-0.39, 0.29) is 5.91 Å². The third kappa shape index (κ3) is 3.06. The van der Waals surface area contributed by atoms with Crippen LogP contribution in [0, 0.1) is 6.92 Å². The summed E-state index contributed by atoms with van der Waals surface area (Å²) in [6.45, 7) is 6.06. The van der Waals surface area contributed by atoms with Crippen molar-refractivity contribution in [2.24, 2.45) is 7.05 Å². The number of aromatic nitrogens is 2. The van der Waals surface area contributed by atoms with E-state index >= 15 is 0 Å². The molecule has 3 heterocycles. The molecule has 0 unspecified atom stereocenters. The lowest BCUT2D eigenvalue weighted by molar-refractivity contribution is 0.0759. The van der Waals surface area contributed by atoms with Gasteiger partial charge in [-0.3, -0.25) is 9.69 Å². The van der Waals surface area contributed by atoms with Crippen LogP contribution in [0.25, 0.3) is 0 Å². The standard InChI is InChI=1S/C16H22N4O2/c1-13-14(4-11-22-13)16(21)20-7-3-6-19(9-10-20)12-15-17-5-8-18(15)2/h4-5,8,11H,3,6-7,9-10,12H2,1-2H3. The summed E-state index contributed by atoms with van der Waals surface area (Å²) in [5, 5.41) is 0. The quantitative estimate of drug-likeness (QED) is 0.865. The normalized spacial score (nSPS) is 16.7. The molecule has 6 heteroatoms. The average molecular weight is 302 g/mol. The van der Waals surface area contributed by atoms with Crippen molar-refractivity contribution < 1.29 is 9.21 Å². The highest BCUT2D eigenvalue weighted by Crippen LogP contribution is 2.14. The number of aryl methyl sites for hydroxylation is 2. The summed E-state index contributed by atoms with van der Waals surface area (Å²) in [7, 11) is 2.01.